The second-order valence-electron chi connectivity index (χ2n) is 13.9. The fraction of sp³-hybridized carbons (Fsp3) is 0.234. The van der Waals surface area contributed by atoms with Crippen LogP contribution in [0.15, 0.2) is 132 Å². The number of rotatable bonds is 8. The van der Waals surface area contributed by atoms with Gasteiger partial charge in [-0.1, -0.05) is 39.5 Å². The van der Waals surface area contributed by atoms with E-state index < -0.39 is 17.1 Å². The Labute approximate surface area is 326 Å². The third kappa shape index (κ3) is 7.53. The van der Waals surface area contributed by atoms with E-state index >= 15 is 0 Å². The van der Waals surface area contributed by atoms with Gasteiger partial charge in [-0.05, 0) is 0 Å². The first-order valence-electron chi connectivity index (χ1n) is 18.5. The van der Waals surface area contributed by atoms with Gasteiger partial charge in [-0.25, -0.2) is 0 Å². The molecule has 0 N–H and O–H groups in total. The Morgan fingerprint density at radius 3 is 1.27 bits per heavy atom. The van der Waals surface area contributed by atoms with Gasteiger partial charge >= 0.3 is 264 Å². The maximum absolute atomic E-state index is 2.61. The van der Waals surface area contributed by atoms with Crippen LogP contribution in [0.1, 0.15) is 84.1 Å². The average molecular weight is 761 g/mol. The van der Waals surface area contributed by atoms with Gasteiger partial charge < -0.3 is 24.8 Å². The van der Waals surface area contributed by atoms with E-state index in [4.69, 9.17) is 0 Å². The summed E-state index contributed by atoms with van der Waals surface area (Å²) in [4.78, 5) is 0. The molecule has 0 radical (unpaired) electrons. The van der Waals surface area contributed by atoms with Gasteiger partial charge in [-0.2, -0.15) is 0 Å². The van der Waals surface area contributed by atoms with Gasteiger partial charge in [0.25, 0.3) is 0 Å². The van der Waals surface area contributed by atoms with Crippen molar-refractivity contribution in [3.63, 3.8) is 0 Å². The Hall–Kier alpha value is -3.17. The fourth-order valence-corrected chi connectivity index (χ4v) is 22.3. The van der Waals surface area contributed by atoms with Crippen LogP contribution in [0.2, 0.25) is 6.55 Å². The minimum absolute atomic E-state index is 0. The third-order valence-electron chi connectivity index (χ3n) is 10.8. The maximum atomic E-state index is 2.61. The van der Waals surface area contributed by atoms with E-state index in [0.717, 1.165) is 0 Å². The van der Waals surface area contributed by atoms with Gasteiger partial charge in [-0.3, -0.25) is 0 Å². The third-order valence-corrected chi connectivity index (χ3v) is 23.5. The SMILES string of the molecule is CCCCCC.C[SiH2][Ti+2]([CH]1C(C)=Cc2c(-c3cccc4ccccc34)cccc21)[CH]1C(C)=Cc2c(-c3cccc4ccccc34)cccc21.[Cl-].[Cl-]. The number of fused-ring (bicyclic) bond motifs is 4. The molecule has 0 spiro atoms. The zero-order chi connectivity index (χ0) is 33.9. The van der Waals surface area contributed by atoms with Crippen molar-refractivity contribution in [2.75, 3.05) is 0 Å². The van der Waals surface area contributed by atoms with E-state index in [2.05, 4.69) is 168 Å². The predicted octanol–water partition coefficient (Wildman–Crippen LogP) is 7.29. The molecule has 51 heavy (non-hydrogen) atoms. The second kappa shape index (κ2) is 17.6. The first kappa shape index (κ1) is 39.0. The smallest absolute Gasteiger partial charge is 1.00 e. The van der Waals surface area contributed by atoms with Gasteiger partial charge in [0.2, 0.25) is 0 Å². The molecule has 0 aromatic heterocycles. The molecule has 259 valence electrons. The zero-order valence-corrected chi connectivity index (χ0v) is 35.1. The summed E-state index contributed by atoms with van der Waals surface area (Å²) in [7, 11) is -0.206. The van der Waals surface area contributed by atoms with Crippen molar-refractivity contribution in [1.82, 2.24) is 0 Å². The summed E-state index contributed by atoms with van der Waals surface area (Å²) in [6.45, 7) is 11.9. The van der Waals surface area contributed by atoms with Gasteiger partial charge in [-0.15, -0.1) is 0 Å². The molecule has 0 fully saturated rings. The molecule has 2 atom stereocenters. The Kier molecular flexibility index (Phi) is 13.4. The molecule has 2 unspecified atom stereocenters. The largest absolute Gasteiger partial charge is 1.00 e. The van der Waals surface area contributed by atoms with Gasteiger partial charge in [0.15, 0.2) is 0 Å². The first-order chi connectivity index (χ1) is 24.0. The van der Waals surface area contributed by atoms with E-state index in [1.54, 1.807) is 22.3 Å². The van der Waals surface area contributed by atoms with Crippen molar-refractivity contribution in [3.8, 4) is 22.3 Å². The molecule has 0 amide bonds. The van der Waals surface area contributed by atoms with Crippen LogP contribution in [-0.2, 0) is 17.1 Å². The standard InChI is InChI=1S/2C20H15.C6H14.CH5Si.2ClH.Ti/c2*1-14-12-16-8-5-11-19(20(16)13-14)18-10-4-7-15-6-2-3-9-17(15)18;1-3-5-6-4-2;1-2;;;/h2*2-13H,1H3;3-6H2,1-2H3;2H2,1H3;2*1H;/q;;;;;;+2/p-2. The average Bonchev–Trinajstić information content (AvgIpc) is 3.66. The molecule has 0 aliphatic heterocycles. The molecule has 6 aromatic carbocycles. The van der Waals surface area contributed by atoms with Crippen LogP contribution in [0.25, 0.3) is 56.0 Å². The summed E-state index contributed by atoms with van der Waals surface area (Å²) >= 11 is -1.61. The summed E-state index contributed by atoms with van der Waals surface area (Å²) in [6, 6.07) is 45.5. The summed E-state index contributed by atoms with van der Waals surface area (Å²) in [6.07, 6.45) is 10.6. The predicted molar refractivity (Wildman–Crippen MR) is 216 cm³/mol. The minimum atomic E-state index is -1.61. The summed E-state index contributed by atoms with van der Waals surface area (Å²) < 4.78 is 1.25. The monoisotopic (exact) mass is 759 g/mol. The molecule has 2 aliphatic rings. The molecule has 6 aromatic rings. The van der Waals surface area contributed by atoms with E-state index in [1.807, 2.05) is 0 Å². The molecule has 0 saturated carbocycles. The van der Waals surface area contributed by atoms with Crippen LogP contribution in [0, 0.1) is 0 Å². The van der Waals surface area contributed by atoms with E-state index in [9.17, 15) is 0 Å². The Morgan fingerprint density at radius 2 is 0.863 bits per heavy atom. The maximum Gasteiger partial charge on any atom is -1.00 e. The number of allylic oxidation sites excluding steroid dienone is 2. The number of unbranched alkanes of at least 4 members (excludes halogenated alkanes) is 3. The molecular formula is C47H49Cl2SiTi. The second-order valence-corrected chi connectivity index (χ2v) is 24.9. The Bertz CT molecular complexity index is 2030. The molecule has 0 bridgehead atoms. The normalized spacial score (nSPS) is 15.7. The minimum Gasteiger partial charge on any atom is -1.00 e. The molecular weight excluding hydrogens is 711 g/mol. The molecule has 0 heterocycles. The van der Waals surface area contributed by atoms with Crippen molar-refractivity contribution < 1.29 is 41.9 Å². The molecule has 0 nitrogen and oxygen atoms in total. The van der Waals surface area contributed by atoms with Crippen molar-refractivity contribution in [2.24, 2.45) is 0 Å². The quantitative estimate of drug-likeness (QED) is 0.113. The van der Waals surface area contributed by atoms with Crippen LogP contribution < -0.4 is 24.8 Å². The zero-order valence-electron chi connectivity index (χ0n) is 30.6. The van der Waals surface area contributed by atoms with Crippen molar-refractivity contribution >= 4 is 41.1 Å². The molecule has 8 rings (SSSR count). The Morgan fingerprint density at radius 1 is 0.490 bits per heavy atom. The molecule has 2 aliphatic carbocycles. The molecule has 4 heteroatoms. The van der Waals surface area contributed by atoms with Gasteiger partial charge in [0, 0.05) is 0 Å². The van der Waals surface area contributed by atoms with Crippen LogP contribution in [-0.4, -0.2) is 7.39 Å². The first-order valence-corrected chi connectivity index (χ1v) is 25.7. The number of hydrogen-bond acceptors (Lipinski definition) is 0. The topological polar surface area (TPSA) is 0 Å². The van der Waals surface area contributed by atoms with E-state index in [1.165, 1.54) is 80.6 Å². The number of hydrogen-bond donors (Lipinski definition) is 0. The fourth-order valence-electron chi connectivity index (χ4n) is 8.55. The Balaban J connectivity index is 0.000000583. The molecule has 0 saturated heterocycles. The van der Waals surface area contributed by atoms with E-state index in [0.29, 0.717) is 8.45 Å². The van der Waals surface area contributed by atoms with Crippen molar-refractivity contribution in [1.29, 1.82) is 0 Å². The number of halogens is 2. The van der Waals surface area contributed by atoms with Gasteiger partial charge in [0.05, 0.1) is 0 Å². The van der Waals surface area contributed by atoms with Crippen LogP contribution >= 0.6 is 0 Å². The summed E-state index contributed by atoms with van der Waals surface area (Å²) in [5, 5.41) is 5.32. The van der Waals surface area contributed by atoms with Crippen LogP contribution in [0.3, 0.4) is 0 Å². The van der Waals surface area contributed by atoms with Crippen LogP contribution in [0.5, 0.6) is 0 Å². The van der Waals surface area contributed by atoms with Crippen molar-refractivity contribution in [3.05, 3.63) is 155 Å². The van der Waals surface area contributed by atoms with Crippen LogP contribution in [0.4, 0.5) is 0 Å². The number of benzene rings is 6. The summed E-state index contributed by atoms with van der Waals surface area (Å²) in [5.41, 5.74) is 14.8. The van der Waals surface area contributed by atoms with Gasteiger partial charge in [0.1, 0.15) is 0 Å². The summed E-state index contributed by atoms with van der Waals surface area (Å²) in [5.74, 6) is 0. The van der Waals surface area contributed by atoms with Crippen molar-refractivity contribution in [2.45, 2.75) is 68.4 Å². The van der Waals surface area contributed by atoms with E-state index in [-0.39, 0.29) is 32.2 Å².